The second kappa shape index (κ2) is 6.69. The minimum atomic E-state index is 0.131. The van der Waals surface area contributed by atoms with Gasteiger partial charge >= 0.3 is 0 Å². The van der Waals surface area contributed by atoms with Crippen molar-refractivity contribution in [2.75, 3.05) is 36.8 Å². The Balaban J connectivity index is 1.57. The number of para-hydroxylation sites is 1. The van der Waals surface area contributed by atoms with Gasteiger partial charge in [0.2, 0.25) is 5.91 Å². The third-order valence-electron chi connectivity index (χ3n) is 4.27. The molecule has 1 aliphatic rings. The number of rotatable bonds is 3. The van der Waals surface area contributed by atoms with E-state index in [0.717, 1.165) is 31.9 Å². The number of nitrogens with two attached hydrogens (primary N) is 1. The average Bonchev–Trinajstić information content (AvgIpc) is 2.57. The first kappa shape index (κ1) is 15.3. The molecule has 1 saturated heterocycles. The van der Waals surface area contributed by atoms with Crippen LogP contribution in [0.25, 0.3) is 0 Å². The van der Waals surface area contributed by atoms with E-state index in [1.54, 1.807) is 12.3 Å². The average molecular weight is 310 g/mol. The Kier molecular flexibility index (Phi) is 4.46. The van der Waals surface area contributed by atoms with Crippen molar-refractivity contribution in [1.82, 2.24) is 9.88 Å². The van der Waals surface area contributed by atoms with Crippen LogP contribution in [0.5, 0.6) is 0 Å². The van der Waals surface area contributed by atoms with Gasteiger partial charge in [0.1, 0.15) is 0 Å². The number of anilines is 2. The van der Waals surface area contributed by atoms with E-state index in [1.165, 1.54) is 11.3 Å². The van der Waals surface area contributed by atoms with Crippen molar-refractivity contribution in [3.05, 3.63) is 53.9 Å². The molecule has 3 rings (SSSR count). The number of benzene rings is 1. The number of carbonyl (C=O) groups is 1. The number of carbonyl (C=O) groups excluding carboxylic acids is 1. The Morgan fingerprint density at radius 3 is 2.52 bits per heavy atom. The quantitative estimate of drug-likeness (QED) is 0.940. The summed E-state index contributed by atoms with van der Waals surface area (Å²) in [7, 11) is 0. The van der Waals surface area contributed by atoms with Gasteiger partial charge in [0.25, 0.3) is 0 Å². The fourth-order valence-electron chi connectivity index (χ4n) is 2.92. The molecule has 0 unspecified atom stereocenters. The maximum atomic E-state index is 12.4. The number of hydrogen-bond donors (Lipinski definition) is 1. The minimum Gasteiger partial charge on any atom is -0.397 e. The number of aromatic nitrogens is 1. The first-order valence-corrected chi connectivity index (χ1v) is 7.92. The standard InChI is InChI=1S/C18H22N4O/c1-14-4-2-3-5-17(14)21-8-10-22(11-9-21)18(23)12-16-7-6-15(19)13-20-16/h2-7,13H,8-12,19H2,1H3. The number of piperazine rings is 1. The van der Waals surface area contributed by atoms with Gasteiger partial charge in [-0.2, -0.15) is 0 Å². The summed E-state index contributed by atoms with van der Waals surface area (Å²) in [6.45, 7) is 5.36. The lowest BCUT2D eigenvalue weighted by Gasteiger charge is -2.36. The highest BCUT2D eigenvalue weighted by molar-refractivity contribution is 5.78. The van der Waals surface area contributed by atoms with E-state index in [4.69, 9.17) is 5.73 Å². The molecule has 1 aromatic carbocycles. The maximum absolute atomic E-state index is 12.4. The van der Waals surface area contributed by atoms with Crippen molar-refractivity contribution in [3.8, 4) is 0 Å². The monoisotopic (exact) mass is 310 g/mol. The van der Waals surface area contributed by atoms with Gasteiger partial charge in [0, 0.05) is 37.6 Å². The van der Waals surface area contributed by atoms with Crippen molar-refractivity contribution < 1.29 is 4.79 Å². The van der Waals surface area contributed by atoms with E-state index in [-0.39, 0.29) is 5.91 Å². The van der Waals surface area contributed by atoms with Crippen LogP contribution in [-0.2, 0) is 11.2 Å². The zero-order chi connectivity index (χ0) is 16.2. The van der Waals surface area contributed by atoms with E-state index < -0.39 is 0 Å². The van der Waals surface area contributed by atoms with Gasteiger partial charge in [-0.3, -0.25) is 9.78 Å². The van der Waals surface area contributed by atoms with Crippen LogP contribution in [-0.4, -0.2) is 42.0 Å². The maximum Gasteiger partial charge on any atom is 0.228 e. The normalized spacial score (nSPS) is 14.8. The lowest BCUT2D eigenvalue weighted by atomic mass is 10.1. The second-order valence-electron chi connectivity index (χ2n) is 5.91. The smallest absolute Gasteiger partial charge is 0.228 e. The van der Waals surface area contributed by atoms with Crippen LogP contribution in [0.15, 0.2) is 42.6 Å². The SMILES string of the molecule is Cc1ccccc1N1CCN(C(=O)Cc2ccc(N)cn2)CC1. The second-order valence-corrected chi connectivity index (χ2v) is 5.91. The molecule has 0 spiro atoms. The molecular weight excluding hydrogens is 288 g/mol. The summed E-state index contributed by atoms with van der Waals surface area (Å²) in [5.74, 6) is 0.131. The van der Waals surface area contributed by atoms with Crippen LogP contribution in [0.3, 0.4) is 0 Å². The summed E-state index contributed by atoms with van der Waals surface area (Å²) in [4.78, 5) is 20.9. The summed E-state index contributed by atoms with van der Waals surface area (Å²) in [5.41, 5.74) is 9.55. The van der Waals surface area contributed by atoms with E-state index >= 15 is 0 Å². The third kappa shape index (κ3) is 3.62. The minimum absolute atomic E-state index is 0.131. The third-order valence-corrected chi connectivity index (χ3v) is 4.27. The molecule has 120 valence electrons. The van der Waals surface area contributed by atoms with Gasteiger partial charge in [-0.05, 0) is 30.7 Å². The molecule has 2 N–H and O–H groups in total. The lowest BCUT2D eigenvalue weighted by molar-refractivity contribution is -0.130. The Bertz CT molecular complexity index is 676. The predicted octanol–water partition coefficient (Wildman–Crippen LogP) is 1.86. The van der Waals surface area contributed by atoms with Crippen LogP contribution in [0, 0.1) is 6.92 Å². The Labute approximate surface area is 136 Å². The fourth-order valence-corrected chi connectivity index (χ4v) is 2.92. The topological polar surface area (TPSA) is 62.5 Å². The first-order chi connectivity index (χ1) is 11.1. The Morgan fingerprint density at radius 2 is 1.87 bits per heavy atom. The molecule has 0 saturated carbocycles. The summed E-state index contributed by atoms with van der Waals surface area (Å²) in [6, 6.07) is 12.0. The summed E-state index contributed by atoms with van der Waals surface area (Å²) in [6.07, 6.45) is 1.93. The van der Waals surface area contributed by atoms with E-state index in [9.17, 15) is 4.79 Å². The van der Waals surface area contributed by atoms with Crippen molar-refractivity contribution >= 4 is 17.3 Å². The fraction of sp³-hybridized carbons (Fsp3) is 0.333. The molecule has 0 aliphatic carbocycles. The van der Waals surface area contributed by atoms with E-state index in [1.807, 2.05) is 11.0 Å². The number of amides is 1. The molecule has 1 amide bonds. The largest absolute Gasteiger partial charge is 0.397 e. The van der Waals surface area contributed by atoms with Crippen molar-refractivity contribution in [1.29, 1.82) is 0 Å². The number of aryl methyl sites for hydroxylation is 1. The van der Waals surface area contributed by atoms with Crippen molar-refractivity contribution in [2.45, 2.75) is 13.3 Å². The molecule has 5 nitrogen and oxygen atoms in total. The highest BCUT2D eigenvalue weighted by Crippen LogP contribution is 2.21. The Morgan fingerprint density at radius 1 is 1.13 bits per heavy atom. The van der Waals surface area contributed by atoms with Gasteiger partial charge in [0.15, 0.2) is 0 Å². The number of hydrogen-bond acceptors (Lipinski definition) is 4. The number of nitrogen functional groups attached to an aromatic ring is 1. The van der Waals surface area contributed by atoms with Crippen LogP contribution < -0.4 is 10.6 Å². The molecule has 1 aliphatic heterocycles. The number of nitrogens with zero attached hydrogens (tertiary/aromatic N) is 3. The lowest BCUT2D eigenvalue weighted by Crippen LogP contribution is -2.49. The van der Waals surface area contributed by atoms with Gasteiger partial charge in [-0.15, -0.1) is 0 Å². The van der Waals surface area contributed by atoms with Gasteiger partial charge in [-0.25, -0.2) is 0 Å². The summed E-state index contributed by atoms with van der Waals surface area (Å²) >= 11 is 0. The van der Waals surface area contributed by atoms with Crippen LogP contribution in [0.1, 0.15) is 11.3 Å². The molecule has 0 bridgehead atoms. The van der Waals surface area contributed by atoms with Gasteiger partial charge in [0.05, 0.1) is 18.3 Å². The highest BCUT2D eigenvalue weighted by atomic mass is 16.2. The Hall–Kier alpha value is -2.56. The van der Waals surface area contributed by atoms with E-state index in [0.29, 0.717) is 12.1 Å². The van der Waals surface area contributed by atoms with E-state index in [2.05, 4.69) is 41.1 Å². The van der Waals surface area contributed by atoms with Gasteiger partial charge < -0.3 is 15.5 Å². The van der Waals surface area contributed by atoms with Crippen LogP contribution in [0.4, 0.5) is 11.4 Å². The molecule has 2 aromatic rings. The first-order valence-electron chi connectivity index (χ1n) is 7.92. The molecule has 5 heteroatoms. The molecule has 1 aromatic heterocycles. The van der Waals surface area contributed by atoms with Crippen LogP contribution in [0.2, 0.25) is 0 Å². The molecule has 1 fully saturated rings. The zero-order valence-corrected chi connectivity index (χ0v) is 13.4. The summed E-state index contributed by atoms with van der Waals surface area (Å²) in [5, 5.41) is 0. The van der Waals surface area contributed by atoms with Crippen molar-refractivity contribution in [3.63, 3.8) is 0 Å². The molecule has 0 radical (unpaired) electrons. The molecule has 0 atom stereocenters. The molecule has 2 heterocycles. The molecular formula is C18H22N4O. The van der Waals surface area contributed by atoms with Gasteiger partial charge in [-0.1, -0.05) is 18.2 Å². The summed E-state index contributed by atoms with van der Waals surface area (Å²) < 4.78 is 0. The zero-order valence-electron chi connectivity index (χ0n) is 13.4. The highest BCUT2D eigenvalue weighted by Gasteiger charge is 2.22. The number of pyridine rings is 1. The van der Waals surface area contributed by atoms with Crippen molar-refractivity contribution in [2.24, 2.45) is 0 Å². The van der Waals surface area contributed by atoms with Crippen LogP contribution >= 0.6 is 0 Å². The molecule has 23 heavy (non-hydrogen) atoms. The predicted molar refractivity (Wildman–Crippen MR) is 92.3 cm³/mol.